The molecule has 0 fully saturated rings. The van der Waals surface area contributed by atoms with Crippen molar-refractivity contribution in [2.24, 2.45) is 0 Å². The fourth-order valence-corrected chi connectivity index (χ4v) is 1.57. The number of nitrogens with one attached hydrogen (secondary N) is 1. The third-order valence-corrected chi connectivity index (χ3v) is 2.37. The maximum atomic E-state index is 11.5. The van der Waals surface area contributed by atoms with Gasteiger partial charge in [0, 0.05) is 32.0 Å². The van der Waals surface area contributed by atoms with Gasteiger partial charge >= 0.3 is 0 Å². The minimum atomic E-state index is 0.0295. The first-order valence-corrected chi connectivity index (χ1v) is 5.65. The second kappa shape index (κ2) is 7.19. The molecule has 0 saturated heterocycles. The zero-order chi connectivity index (χ0) is 11.8. The van der Waals surface area contributed by atoms with E-state index < -0.39 is 0 Å². The van der Waals surface area contributed by atoms with Crippen LogP contribution in [0.25, 0.3) is 0 Å². The first-order valence-electron chi connectivity index (χ1n) is 5.65. The molecule has 1 N–H and O–H groups in total. The lowest BCUT2D eigenvalue weighted by molar-refractivity contribution is 0.158. The summed E-state index contributed by atoms with van der Waals surface area (Å²) in [4.78, 5) is 11.5. The van der Waals surface area contributed by atoms with Crippen LogP contribution in [0.4, 0.5) is 0 Å². The predicted octanol–water partition coefficient (Wildman–Crippen LogP) is 0.863. The molecule has 1 aromatic rings. The highest BCUT2D eigenvalue weighted by Gasteiger charge is 2.08. The van der Waals surface area contributed by atoms with E-state index in [1.54, 1.807) is 30.0 Å². The minimum Gasteiger partial charge on any atom is -0.383 e. The summed E-state index contributed by atoms with van der Waals surface area (Å²) in [6.45, 7) is 4.32. The number of methoxy groups -OCH3 is 1. The molecule has 16 heavy (non-hydrogen) atoms. The number of aromatic nitrogens is 1. The largest absolute Gasteiger partial charge is 0.383 e. The molecule has 4 nitrogen and oxygen atoms in total. The van der Waals surface area contributed by atoms with Crippen molar-refractivity contribution < 1.29 is 4.74 Å². The standard InChI is InChI=1S/C12H20N2O2/c1-3-7-13-11(10-16-2)9-14-8-5-4-6-12(14)15/h4-6,8,11,13H,3,7,9-10H2,1-2H3. The van der Waals surface area contributed by atoms with Crippen LogP contribution in [0, 0.1) is 0 Å². The summed E-state index contributed by atoms with van der Waals surface area (Å²) in [6.07, 6.45) is 2.88. The van der Waals surface area contributed by atoms with E-state index >= 15 is 0 Å². The lowest BCUT2D eigenvalue weighted by Crippen LogP contribution is -2.39. The summed E-state index contributed by atoms with van der Waals surface area (Å²) < 4.78 is 6.84. The summed E-state index contributed by atoms with van der Waals surface area (Å²) >= 11 is 0. The summed E-state index contributed by atoms with van der Waals surface area (Å²) in [6, 6.07) is 5.38. The van der Waals surface area contributed by atoms with Gasteiger partial charge in [0.25, 0.3) is 5.56 Å². The van der Waals surface area contributed by atoms with Crippen LogP contribution in [0.5, 0.6) is 0 Å². The van der Waals surface area contributed by atoms with Crippen LogP contribution in [0.15, 0.2) is 29.2 Å². The highest BCUT2D eigenvalue weighted by atomic mass is 16.5. The average Bonchev–Trinajstić information content (AvgIpc) is 2.29. The van der Waals surface area contributed by atoms with Gasteiger partial charge in [0.15, 0.2) is 0 Å². The van der Waals surface area contributed by atoms with E-state index in [1.807, 2.05) is 6.07 Å². The molecule has 0 saturated carbocycles. The molecule has 1 unspecified atom stereocenters. The maximum absolute atomic E-state index is 11.5. The van der Waals surface area contributed by atoms with Crippen LogP contribution in [0.3, 0.4) is 0 Å². The van der Waals surface area contributed by atoms with Gasteiger partial charge in [0.2, 0.25) is 0 Å². The topological polar surface area (TPSA) is 43.3 Å². The zero-order valence-electron chi connectivity index (χ0n) is 9.98. The van der Waals surface area contributed by atoms with Crippen molar-refractivity contribution in [1.82, 2.24) is 9.88 Å². The second-order valence-electron chi connectivity index (χ2n) is 3.80. The van der Waals surface area contributed by atoms with Gasteiger partial charge in [-0.25, -0.2) is 0 Å². The number of ether oxygens (including phenoxy) is 1. The van der Waals surface area contributed by atoms with E-state index in [0.717, 1.165) is 13.0 Å². The highest BCUT2D eigenvalue weighted by molar-refractivity contribution is 4.93. The van der Waals surface area contributed by atoms with E-state index in [1.165, 1.54) is 0 Å². The molecule has 1 atom stereocenters. The van der Waals surface area contributed by atoms with E-state index in [0.29, 0.717) is 13.2 Å². The Morgan fingerprint density at radius 3 is 2.94 bits per heavy atom. The van der Waals surface area contributed by atoms with Crippen LogP contribution in [-0.2, 0) is 11.3 Å². The van der Waals surface area contributed by atoms with E-state index in [4.69, 9.17) is 4.74 Å². The molecule has 0 radical (unpaired) electrons. The Kier molecular flexibility index (Phi) is 5.82. The summed E-state index contributed by atoms with van der Waals surface area (Å²) in [5, 5.41) is 3.36. The van der Waals surface area contributed by atoms with Crippen LogP contribution in [-0.4, -0.2) is 30.9 Å². The molecule has 0 bridgehead atoms. The lowest BCUT2D eigenvalue weighted by Gasteiger charge is -2.18. The van der Waals surface area contributed by atoms with Gasteiger partial charge in [0.05, 0.1) is 6.61 Å². The third kappa shape index (κ3) is 4.16. The predicted molar refractivity (Wildman–Crippen MR) is 64.7 cm³/mol. The van der Waals surface area contributed by atoms with Crippen molar-refractivity contribution in [2.45, 2.75) is 25.9 Å². The molecule has 0 aliphatic rings. The Balaban J connectivity index is 2.60. The van der Waals surface area contributed by atoms with Crippen molar-refractivity contribution in [3.05, 3.63) is 34.7 Å². The molecular formula is C12H20N2O2. The molecule has 1 heterocycles. The Morgan fingerprint density at radius 1 is 1.50 bits per heavy atom. The van der Waals surface area contributed by atoms with Crippen molar-refractivity contribution in [1.29, 1.82) is 0 Å². The Hall–Kier alpha value is -1.13. The van der Waals surface area contributed by atoms with Gasteiger partial charge in [-0.1, -0.05) is 13.0 Å². The summed E-state index contributed by atoms with van der Waals surface area (Å²) in [7, 11) is 1.67. The molecule has 0 aliphatic carbocycles. The van der Waals surface area contributed by atoms with Gasteiger partial charge in [-0.05, 0) is 19.0 Å². The molecular weight excluding hydrogens is 204 g/mol. The number of nitrogens with zero attached hydrogens (tertiary/aromatic N) is 1. The monoisotopic (exact) mass is 224 g/mol. The second-order valence-corrected chi connectivity index (χ2v) is 3.80. The van der Waals surface area contributed by atoms with Gasteiger partial charge in [-0.2, -0.15) is 0 Å². The molecule has 0 aliphatic heterocycles. The first kappa shape index (κ1) is 12.9. The van der Waals surface area contributed by atoms with Crippen LogP contribution < -0.4 is 10.9 Å². The molecule has 4 heteroatoms. The first-order chi connectivity index (χ1) is 7.77. The molecule has 0 aromatic carbocycles. The van der Waals surface area contributed by atoms with Gasteiger partial charge in [0.1, 0.15) is 0 Å². The van der Waals surface area contributed by atoms with Crippen molar-refractivity contribution in [3.8, 4) is 0 Å². The minimum absolute atomic E-state index is 0.0295. The Bertz CT molecular complexity index is 349. The number of rotatable bonds is 7. The van der Waals surface area contributed by atoms with Gasteiger partial charge in [-0.3, -0.25) is 4.79 Å². The van der Waals surface area contributed by atoms with Crippen molar-refractivity contribution in [3.63, 3.8) is 0 Å². The SMILES string of the molecule is CCCNC(COC)Cn1ccccc1=O. The van der Waals surface area contributed by atoms with Crippen molar-refractivity contribution in [2.75, 3.05) is 20.3 Å². The zero-order valence-corrected chi connectivity index (χ0v) is 9.98. The number of pyridine rings is 1. The highest BCUT2D eigenvalue weighted by Crippen LogP contribution is 1.92. The molecule has 1 aromatic heterocycles. The molecule has 90 valence electrons. The summed E-state index contributed by atoms with van der Waals surface area (Å²) in [5.41, 5.74) is 0.0295. The maximum Gasteiger partial charge on any atom is 0.250 e. The van der Waals surface area contributed by atoms with Crippen LogP contribution in [0.2, 0.25) is 0 Å². The fourth-order valence-electron chi connectivity index (χ4n) is 1.57. The lowest BCUT2D eigenvalue weighted by atomic mass is 10.3. The van der Waals surface area contributed by atoms with Crippen LogP contribution in [0.1, 0.15) is 13.3 Å². The normalized spacial score (nSPS) is 12.6. The summed E-state index contributed by atoms with van der Waals surface area (Å²) in [5.74, 6) is 0. The van der Waals surface area contributed by atoms with E-state index in [9.17, 15) is 4.79 Å². The smallest absolute Gasteiger partial charge is 0.250 e. The number of hydrogen-bond acceptors (Lipinski definition) is 3. The van der Waals surface area contributed by atoms with E-state index in [2.05, 4.69) is 12.2 Å². The Labute approximate surface area is 96.2 Å². The van der Waals surface area contributed by atoms with E-state index in [-0.39, 0.29) is 11.6 Å². The van der Waals surface area contributed by atoms with Gasteiger partial charge in [-0.15, -0.1) is 0 Å². The van der Waals surface area contributed by atoms with Crippen LogP contribution >= 0.6 is 0 Å². The fraction of sp³-hybridized carbons (Fsp3) is 0.583. The third-order valence-electron chi connectivity index (χ3n) is 2.37. The molecule has 1 rings (SSSR count). The van der Waals surface area contributed by atoms with Crippen molar-refractivity contribution >= 4 is 0 Å². The molecule has 0 spiro atoms. The number of hydrogen-bond donors (Lipinski definition) is 1. The van der Waals surface area contributed by atoms with Gasteiger partial charge < -0.3 is 14.6 Å². The quantitative estimate of drug-likeness (QED) is 0.747. The Morgan fingerprint density at radius 2 is 2.31 bits per heavy atom. The average molecular weight is 224 g/mol. The molecule has 0 amide bonds.